The number of halogens is 1. The number of fused-ring (bicyclic) bond motifs is 5. The number of aromatic nitrogens is 4. The number of thiophene rings is 1. The van der Waals surface area contributed by atoms with Gasteiger partial charge in [0, 0.05) is 10.4 Å². The lowest BCUT2D eigenvalue weighted by molar-refractivity contribution is 0.509. The highest BCUT2D eigenvalue weighted by Crippen LogP contribution is 2.39. The molecule has 5 rings (SSSR count). The molecule has 1 aliphatic carbocycles. The Kier molecular flexibility index (Phi) is 2.97. The van der Waals surface area contributed by atoms with Crippen molar-refractivity contribution in [2.24, 2.45) is 5.92 Å². The zero-order chi connectivity index (χ0) is 16.3. The molecule has 4 nitrogen and oxygen atoms in total. The van der Waals surface area contributed by atoms with Crippen LogP contribution in [0.3, 0.4) is 0 Å². The molecule has 3 heterocycles. The van der Waals surface area contributed by atoms with Crippen LogP contribution in [0, 0.1) is 11.7 Å². The summed E-state index contributed by atoms with van der Waals surface area (Å²) >= 11 is 1.78. The molecule has 0 fully saturated rings. The van der Waals surface area contributed by atoms with E-state index in [0.29, 0.717) is 5.82 Å². The minimum atomic E-state index is -0.255. The first-order valence-electron chi connectivity index (χ1n) is 8.10. The zero-order valence-corrected chi connectivity index (χ0v) is 14.0. The maximum Gasteiger partial charge on any atom is 0.172 e. The Morgan fingerprint density at radius 2 is 2.04 bits per heavy atom. The average molecular weight is 338 g/mol. The zero-order valence-electron chi connectivity index (χ0n) is 13.2. The average Bonchev–Trinajstić information content (AvgIpc) is 3.15. The summed E-state index contributed by atoms with van der Waals surface area (Å²) in [4.78, 5) is 7.12. The van der Waals surface area contributed by atoms with Crippen molar-refractivity contribution >= 4 is 27.2 Å². The Labute approximate surface area is 142 Å². The third kappa shape index (κ3) is 1.99. The quantitative estimate of drug-likeness (QED) is 0.520. The summed E-state index contributed by atoms with van der Waals surface area (Å²) in [6, 6.07) is 6.33. The first kappa shape index (κ1) is 14.0. The van der Waals surface area contributed by atoms with Gasteiger partial charge >= 0.3 is 0 Å². The molecule has 0 saturated heterocycles. The van der Waals surface area contributed by atoms with E-state index in [0.717, 1.165) is 40.2 Å². The molecule has 0 spiro atoms. The third-order valence-corrected chi connectivity index (χ3v) is 5.97. The van der Waals surface area contributed by atoms with Gasteiger partial charge in [-0.2, -0.15) is 0 Å². The molecule has 1 aliphatic rings. The molecule has 1 atom stereocenters. The summed E-state index contributed by atoms with van der Waals surface area (Å²) in [5, 5.41) is 9.92. The lowest BCUT2D eigenvalue weighted by atomic mass is 9.89. The molecule has 4 aromatic rings. The first-order valence-corrected chi connectivity index (χ1v) is 8.92. The summed E-state index contributed by atoms with van der Waals surface area (Å²) in [5.74, 6) is 1.17. The topological polar surface area (TPSA) is 43.1 Å². The Balaban J connectivity index is 1.76. The predicted molar refractivity (Wildman–Crippen MR) is 92.7 cm³/mol. The molecule has 1 unspecified atom stereocenters. The van der Waals surface area contributed by atoms with Gasteiger partial charge in [-0.05, 0) is 55.0 Å². The highest BCUT2D eigenvalue weighted by Gasteiger charge is 2.24. The van der Waals surface area contributed by atoms with Crippen LogP contribution in [-0.4, -0.2) is 19.6 Å². The van der Waals surface area contributed by atoms with E-state index in [1.165, 1.54) is 29.0 Å². The summed E-state index contributed by atoms with van der Waals surface area (Å²) in [7, 11) is 0. The van der Waals surface area contributed by atoms with E-state index in [1.54, 1.807) is 29.8 Å². The molecule has 0 bridgehead atoms. The number of aryl methyl sites for hydroxylation is 1. The van der Waals surface area contributed by atoms with Gasteiger partial charge in [-0.3, -0.25) is 4.40 Å². The summed E-state index contributed by atoms with van der Waals surface area (Å²) in [5.41, 5.74) is 3.08. The molecule has 1 aromatic carbocycles. The lowest BCUT2D eigenvalue weighted by Gasteiger charge is -2.17. The number of hydrogen-bond acceptors (Lipinski definition) is 4. The molecule has 0 N–H and O–H groups in total. The van der Waals surface area contributed by atoms with E-state index in [9.17, 15) is 4.39 Å². The maximum atomic E-state index is 13.2. The van der Waals surface area contributed by atoms with E-state index in [-0.39, 0.29) is 5.82 Å². The van der Waals surface area contributed by atoms with Crippen LogP contribution in [0.4, 0.5) is 4.39 Å². The number of nitrogens with zero attached hydrogens (tertiary/aromatic N) is 4. The minimum absolute atomic E-state index is 0.255. The highest BCUT2D eigenvalue weighted by atomic mass is 32.1. The Morgan fingerprint density at radius 1 is 1.21 bits per heavy atom. The van der Waals surface area contributed by atoms with E-state index in [1.807, 2.05) is 4.40 Å². The monoisotopic (exact) mass is 338 g/mol. The van der Waals surface area contributed by atoms with Gasteiger partial charge < -0.3 is 0 Å². The number of rotatable bonds is 1. The van der Waals surface area contributed by atoms with Crippen molar-refractivity contribution in [1.82, 2.24) is 19.6 Å². The molecule has 0 amide bonds. The van der Waals surface area contributed by atoms with Gasteiger partial charge in [-0.25, -0.2) is 9.37 Å². The molecule has 0 saturated carbocycles. The molecule has 0 aliphatic heterocycles. The fourth-order valence-electron chi connectivity index (χ4n) is 3.54. The minimum Gasteiger partial charge on any atom is -0.265 e. The van der Waals surface area contributed by atoms with Crippen molar-refractivity contribution in [2.45, 2.75) is 26.2 Å². The first-order chi connectivity index (χ1) is 11.7. The normalized spacial score (nSPS) is 17.5. The summed E-state index contributed by atoms with van der Waals surface area (Å²) in [6.07, 6.45) is 5.19. The second-order valence-electron chi connectivity index (χ2n) is 6.50. The van der Waals surface area contributed by atoms with Crippen LogP contribution in [0.5, 0.6) is 0 Å². The van der Waals surface area contributed by atoms with Gasteiger partial charge in [0.15, 0.2) is 11.5 Å². The molecule has 3 aromatic heterocycles. The summed E-state index contributed by atoms with van der Waals surface area (Å²) in [6.45, 7) is 2.31. The Hall–Kier alpha value is -2.34. The van der Waals surface area contributed by atoms with E-state index in [2.05, 4.69) is 22.1 Å². The van der Waals surface area contributed by atoms with E-state index < -0.39 is 0 Å². The predicted octanol–water partition coefficient (Wildman–Crippen LogP) is 4.27. The van der Waals surface area contributed by atoms with Crippen LogP contribution in [-0.2, 0) is 12.8 Å². The van der Waals surface area contributed by atoms with E-state index >= 15 is 0 Å². The molecule has 24 heavy (non-hydrogen) atoms. The van der Waals surface area contributed by atoms with Crippen LogP contribution in [0.25, 0.3) is 27.3 Å². The molecule has 120 valence electrons. The van der Waals surface area contributed by atoms with Crippen LogP contribution in [0.1, 0.15) is 23.8 Å². The Bertz CT molecular complexity index is 1060. The standard InChI is InChI=1S/C18H15FN4S/c1-10-2-7-13-14(8-10)24-18-15(13)17-22-21-16(23(17)9-20-18)11-3-5-12(19)6-4-11/h3-6,9-10H,2,7-8H2,1H3. The molecule has 0 radical (unpaired) electrons. The third-order valence-electron chi connectivity index (χ3n) is 4.81. The van der Waals surface area contributed by atoms with Crippen molar-refractivity contribution in [2.75, 3.05) is 0 Å². The van der Waals surface area contributed by atoms with Crippen molar-refractivity contribution in [1.29, 1.82) is 0 Å². The largest absolute Gasteiger partial charge is 0.265 e. The second-order valence-corrected chi connectivity index (χ2v) is 7.58. The van der Waals surface area contributed by atoms with Crippen molar-refractivity contribution in [3.05, 3.63) is 46.9 Å². The molecular formula is C18H15FN4S. The van der Waals surface area contributed by atoms with Crippen LogP contribution in [0.15, 0.2) is 30.6 Å². The molecular weight excluding hydrogens is 323 g/mol. The van der Waals surface area contributed by atoms with Crippen LogP contribution in [0.2, 0.25) is 0 Å². The van der Waals surface area contributed by atoms with Gasteiger partial charge in [-0.1, -0.05) is 6.92 Å². The highest BCUT2D eigenvalue weighted by molar-refractivity contribution is 7.19. The van der Waals surface area contributed by atoms with Gasteiger partial charge in [0.25, 0.3) is 0 Å². The number of hydrogen-bond donors (Lipinski definition) is 0. The smallest absolute Gasteiger partial charge is 0.172 e. The maximum absolute atomic E-state index is 13.2. The molecule has 6 heteroatoms. The Morgan fingerprint density at radius 3 is 2.88 bits per heavy atom. The SMILES string of the molecule is CC1CCc2c(sc3ncn4c(-c5ccc(F)cc5)nnc4c23)C1. The summed E-state index contributed by atoms with van der Waals surface area (Å²) < 4.78 is 15.1. The van der Waals surface area contributed by atoms with Crippen molar-refractivity contribution in [3.63, 3.8) is 0 Å². The second kappa shape index (κ2) is 5.08. The van der Waals surface area contributed by atoms with Gasteiger partial charge in [0.05, 0.1) is 5.39 Å². The fraction of sp³-hybridized carbons (Fsp3) is 0.278. The van der Waals surface area contributed by atoms with Gasteiger partial charge in [0.1, 0.15) is 17.0 Å². The number of benzene rings is 1. The van der Waals surface area contributed by atoms with Gasteiger partial charge in [-0.15, -0.1) is 21.5 Å². The van der Waals surface area contributed by atoms with Crippen molar-refractivity contribution in [3.8, 4) is 11.4 Å². The van der Waals surface area contributed by atoms with Crippen LogP contribution < -0.4 is 0 Å². The van der Waals surface area contributed by atoms with Crippen LogP contribution >= 0.6 is 11.3 Å². The van der Waals surface area contributed by atoms with Gasteiger partial charge in [0.2, 0.25) is 0 Å². The lowest BCUT2D eigenvalue weighted by Crippen LogP contribution is -2.08. The van der Waals surface area contributed by atoms with Crippen molar-refractivity contribution < 1.29 is 4.39 Å². The fourth-order valence-corrected chi connectivity index (χ4v) is 4.88. The van der Waals surface area contributed by atoms with E-state index in [4.69, 9.17) is 0 Å².